The zero-order valence-corrected chi connectivity index (χ0v) is 24.5. The maximum Gasteiger partial charge on any atom is 0.387 e. The minimum atomic E-state index is -3.02. The molecule has 232 valence electrons. The Morgan fingerprint density at radius 3 is 2.45 bits per heavy atom. The van der Waals surface area contributed by atoms with Gasteiger partial charge in [-0.2, -0.15) is 8.78 Å². The zero-order chi connectivity index (χ0) is 31.6. The van der Waals surface area contributed by atoms with E-state index in [1.54, 1.807) is 19.1 Å². The number of anilines is 1. The zero-order valence-electron chi connectivity index (χ0n) is 24.5. The summed E-state index contributed by atoms with van der Waals surface area (Å²) < 4.78 is 55.4. The number of benzene rings is 2. The molecule has 1 unspecified atom stereocenters. The molecule has 1 saturated heterocycles. The Morgan fingerprint density at radius 1 is 1.07 bits per heavy atom. The Bertz CT molecular complexity index is 1550. The summed E-state index contributed by atoms with van der Waals surface area (Å²) >= 11 is 0. The van der Waals surface area contributed by atoms with Crippen molar-refractivity contribution in [2.75, 3.05) is 25.1 Å². The fourth-order valence-corrected chi connectivity index (χ4v) is 5.30. The minimum absolute atomic E-state index is 0.00941. The van der Waals surface area contributed by atoms with E-state index in [9.17, 15) is 27.6 Å². The number of rotatable bonds is 10. The van der Waals surface area contributed by atoms with Crippen LogP contribution in [0.2, 0.25) is 0 Å². The fraction of sp³-hybridized carbons (Fsp3) is 0.375. The molecule has 0 radical (unpaired) electrons. The van der Waals surface area contributed by atoms with Gasteiger partial charge in [0, 0.05) is 38.2 Å². The van der Waals surface area contributed by atoms with Gasteiger partial charge < -0.3 is 24.0 Å². The third-order valence-electron chi connectivity index (χ3n) is 7.95. The number of pyridine rings is 1. The van der Waals surface area contributed by atoms with Crippen molar-refractivity contribution in [1.29, 1.82) is 0 Å². The van der Waals surface area contributed by atoms with Gasteiger partial charge in [-0.1, -0.05) is 12.1 Å². The van der Waals surface area contributed by atoms with Crippen molar-refractivity contribution in [1.82, 2.24) is 9.88 Å². The topological polar surface area (TPSA) is 98.3 Å². The first-order valence-electron chi connectivity index (χ1n) is 14.2. The van der Waals surface area contributed by atoms with Crippen molar-refractivity contribution in [2.24, 2.45) is 5.92 Å². The Kier molecular flexibility index (Phi) is 8.80. The number of amides is 2. The molecule has 1 aliphatic heterocycles. The van der Waals surface area contributed by atoms with Crippen LogP contribution in [0.1, 0.15) is 55.1 Å². The van der Waals surface area contributed by atoms with Gasteiger partial charge in [-0.05, 0) is 80.1 Å². The molecule has 2 heterocycles. The Balaban J connectivity index is 1.34. The smallest absolute Gasteiger partial charge is 0.387 e. The lowest BCUT2D eigenvalue weighted by Gasteiger charge is -2.31. The predicted octanol–water partition coefficient (Wildman–Crippen LogP) is 5.59. The van der Waals surface area contributed by atoms with Gasteiger partial charge in [-0.25, -0.2) is 14.2 Å². The second kappa shape index (κ2) is 12.6. The highest BCUT2D eigenvalue weighted by Crippen LogP contribution is 2.43. The molecule has 2 aromatic carbocycles. The number of ether oxygens (including phenoxy) is 3. The van der Waals surface area contributed by atoms with Gasteiger partial charge in [-0.15, -0.1) is 0 Å². The lowest BCUT2D eigenvalue weighted by atomic mass is 9.89. The van der Waals surface area contributed by atoms with Gasteiger partial charge in [0.05, 0.1) is 6.61 Å². The van der Waals surface area contributed by atoms with E-state index in [0.717, 1.165) is 12.8 Å². The first kappa shape index (κ1) is 30.8. The van der Waals surface area contributed by atoms with Gasteiger partial charge in [-0.3, -0.25) is 9.59 Å². The molecule has 5 rings (SSSR count). The van der Waals surface area contributed by atoms with Crippen molar-refractivity contribution >= 4 is 23.5 Å². The van der Waals surface area contributed by atoms with Crippen LogP contribution in [-0.2, 0) is 9.59 Å². The van der Waals surface area contributed by atoms with Crippen molar-refractivity contribution in [3.8, 4) is 17.4 Å². The summed E-state index contributed by atoms with van der Waals surface area (Å²) in [5.41, 5.74) is -0.271. The van der Waals surface area contributed by atoms with Crippen LogP contribution >= 0.6 is 0 Å². The number of alkyl halides is 2. The SMILES string of the molecule is CC(=O)N1CC(c2ccc(OC(F)F)c(OCC3CC3)c2)C[C@]1(C)C(=O)Oc1cccc(C(=O)N(C)c2ccc(F)cc2)n1. The maximum absolute atomic E-state index is 13.6. The molecular formula is C32H32F3N3O6. The average Bonchev–Trinajstić information content (AvgIpc) is 3.75. The fourth-order valence-electron chi connectivity index (χ4n) is 5.30. The molecule has 0 bridgehead atoms. The third kappa shape index (κ3) is 6.79. The molecule has 0 N–H and O–H groups in total. The molecule has 9 nitrogen and oxygen atoms in total. The van der Waals surface area contributed by atoms with Gasteiger partial charge in [0.1, 0.15) is 17.1 Å². The number of halogens is 3. The molecule has 0 spiro atoms. The Hall–Kier alpha value is -4.61. The van der Waals surface area contributed by atoms with Gasteiger partial charge in [0.15, 0.2) is 11.5 Å². The molecule has 44 heavy (non-hydrogen) atoms. The van der Waals surface area contributed by atoms with E-state index in [2.05, 4.69) is 9.72 Å². The number of likely N-dealkylation sites (tertiary alicyclic amines) is 1. The molecule has 1 aliphatic carbocycles. The van der Waals surface area contributed by atoms with Crippen LogP contribution < -0.4 is 19.1 Å². The standard InChI is InChI=1S/C32H32F3N3O6/c1-19(39)38-17-22(21-9-14-26(43-31(34)35)27(15-21)42-18-20-7-8-20)16-32(38,2)30(41)44-28-6-4-5-25(36-28)29(40)37(3)24-12-10-23(33)11-13-24/h4-6,9-15,20,22,31H,7-8,16-18H2,1-3H3/t22?,32-/m1/s1. The van der Waals surface area contributed by atoms with E-state index in [1.165, 1.54) is 72.3 Å². The van der Waals surface area contributed by atoms with Crippen molar-refractivity contribution in [3.63, 3.8) is 0 Å². The summed E-state index contributed by atoms with van der Waals surface area (Å²) in [4.78, 5) is 46.2. The number of carbonyl (C=O) groups excluding carboxylic acids is 3. The number of aromatic nitrogens is 1. The summed E-state index contributed by atoms with van der Waals surface area (Å²) in [6.07, 6.45) is 2.20. The van der Waals surface area contributed by atoms with Crippen LogP contribution in [0.15, 0.2) is 60.7 Å². The number of hydrogen-bond donors (Lipinski definition) is 0. The first-order chi connectivity index (χ1) is 20.9. The summed E-state index contributed by atoms with van der Waals surface area (Å²) in [5, 5.41) is 0. The van der Waals surface area contributed by atoms with Crippen LogP contribution in [0.25, 0.3) is 0 Å². The first-order valence-corrected chi connectivity index (χ1v) is 14.2. The van der Waals surface area contributed by atoms with E-state index in [-0.39, 0.29) is 47.9 Å². The van der Waals surface area contributed by atoms with Crippen LogP contribution in [0, 0.1) is 11.7 Å². The molecular weight excluding hydrogens is 579 g/mol. The predicted molar refractivity (Wildman–Crippen MR) is 153 cm³/mol. The summed E-state index contributed by atoms with van der Waals surface area (Å²) in [6, 6.07) is 14.4. The molecule has 2 atom stereocenters. The van der Waals surface area contributed by atoms with E-state index in [0.29, 0.717) is 23.8 Å². The largest absolute Gasteiger partial charge is 0.489 e. The number of carbonyl (C=O) groups is 3. The van der Waals surface area contributed by atoms with Crippen LogP contribution in [0.3, 0.4) is 0 Å². The van der Waals surface area contributed by atoms with Crippen LogP contribution in [-0.4, -0.2) is 60.0 Å². The van der Waals surface area contributed by atoms with Crippen LogP contribution in [0.4, 0.5) is 18.9 Å². The molecule has 1 aromatic heterocycles. The Labute approximate surface area is 252 Å². The number of esters is 1. The summed E-state index contributed by atoms with van der Waals surface area (Å²) in [6.45, 7) is 0.471. The third-order valence-corrected chi connectivity index (χ3v) is 7.95. The van der Waals surface area contributed by atoms with Gasteiger partial charge in [0.25, 0.3) is 5.91 Å². The normalized spacial score (nSPS) is 19.5. The number of nitrogens with zero attached hydrogens (tertiary/aromatic N) is 3. The van der Waals surface area contributed by atoms with Gasteiger partial charge in [0.2, 0.25) is 11.8 Å². The quantitative estimate of drug-likeness (QED) is 0.276. The second-order valence-corrected chi connectivity index (χ2v) is 11.2. The molecule has 1 saturated carbocycles. The Morgan fingerprint density at radius 2 is 1.80 bits per heavy atom. The highest BCUT2D eigenvalue weighted by Gasteiger charge is 2.51. The minimum Gasteiger partial charge on any atom is -0.489 e. The van der Waals surface area contributed by atoms with E-state index >= 15 is 0 Å². The monoisotopic (exact) mass is 611 g/mol. The lowest BCUT2D eigenvalue weighted by molar-refractivity contribution is -0.152. The molecule has 2 amide bonds. The maximum atomic E-state index is 13.6. The van der Waals surface area contributed by atoms with Gasteiger partial charge >= 0.3 is 12.6 Å². The second-order valence-electron chi connectivity index (χ2n) is 11.2. The highest BCUT2D eigenvalue weighted by atomic mass is 19.3. The van der Waals surface area contributed by atoms with E-state index in [1.807, 2.05) is 0 Å². The van der Waals surface area contributed by atoms with Crippen molar-refractivity contribution in [3.05, 3.63) is 77.7 Å². The van der Waals surface area contributed by atoms with Crippen LogP contribution in [0.5, 0.6) is 17.4 Å². The molecule has 12 heteroatoms. The van der Waals surface area contributed by atoms with E-state index < -0.39 is 29.8 Å². The van der Waals surface area contributed by atoms with Crippen molar-refractivity contribution < 1.29 is 41.8 Å². The van der Waals surface area contributed by atoms with E-state index in [4.69, 9.17) is 9.47 Å². The molecule has 3 aromatic rings. The number of hydrogen-bond acceptors (Lipinski definition) is 7. The molecule has 2 fully saturated rings. The summed E-state index contributed by atoms with van der Waals surface area (Å²) in [7, 11) is 1.51. The average molecular weight is 612 g/mol. The summed E-state index contributed by atoms with van der Waals surface area (Å²) in [5.74, 6) is -2.06. The lowest BCUT2D eigenvalue weighted by Crippen LogP contribution is -2.52. The highest BCUT2D eigenvalue weighted by molar-refractivity contribution is 6.04. The molecule has 2 aliphatic rings. The van der Waals surface area contributed by atoms with Crippen molar-refractivity contribution in [2.45, 2.75) is 51.2 Å².